The van der Waals surface area contributed by atoms with Crippen LogP contribution in [0.15, 0.2) is 0 Å². The number of nitrogens with two attached hydrogens (primary N) is 1. The number of aliphatic hydroxyl groups excluding tert-OH is 1. The summed E-state index contributed by atoms with van der Waals surface area (Å²) in [5.74, 6) is 0. The van der Waals surface area contributed by atoms with Gasteiger partial charge >= 0.3 is 0 Å². The minimum absolute atomic E-state index is 0.216. The van der Waals surface area contributed by atoms with Crippen molar-refractivity contribution in [2.24, 2.45) is 5.73 Å². The lowest BCUT2D eigenvalue weighted by molar-refractivity contribution is 0.254. The van der Waals surface area contributed by atoms with Crippen LogP contribution in [0.1, 0.15) is 34.1 Å². The second-order valence-corrected chi connectivity index (χ2v) is 2.28. The van der Waals surface area contributed by atoms with Crippen molar-refractivity contribution in [1.29, 1.82) is 0 Å². The average molecular weight is 176 g/mol. The maximum absolute atomic E-state index is 8.57. The molecule has 2 unspecified atom stereocenters. The first-order chi connectivity index (χ1) is 5.83. The number of hydrogen-bond donors (Lipinski definition) is 3. The highest BCUT2D eigenvalue weighted by molar-refractivity contribution is 4.82. The van der Waals surface area contributed by atoms with Gasteiger partial charge in [-0.2, -0.15) is 0 Å². The van der Waals surface area contributed by atoms with E-state index in [0.717, 1.165) is 13.0 Å². The molecule has 2 atom stereocenters. The lowest BCUT2D eigenvalue weighted by Crippen LogP contribution is -2.25. The lowest BCUT2D eigenvalue weighted by Gasteiger charge is -2.01. The van der Waals surface area contributed by atoms with Crippen molar-refractivity contribution in [1.82, 2.24) is 5.32 Å². The minimum atomic E-state index is 0.216. The number of aliphatic hydroxyl groups is 1. The third-order valence-electron chi connectivity index (χ3n) is 1.48. The molecule has 3 heteroatoms. The quantitative estimate of drug-likeness (QED) is 0.552. The molecular weight excluding hydrogens is 152 g/mol. The van der Waals surface area contributed by atoms with Gasteiger partial charge < -0.3 is 16.2 Å². The summed E-state index contributed by atoms with van der Waals surface area (Å²) in [4.78, 5) is 0. The number of nitrogens with one attached hydrogen (secondary N) is 1. The second kappa shape index (κ2) is 10.9. The molecule has 1 rings (SSSR count). The molecule has 12 heavy (non-hydrogen) atoms. The van der Waals surface area contributed by atoms with Crippen molar-refractivity contribution in [2.75, 3.05) is 13.2 Å². The fourth-order valence-corrected chi connectivity index (χ4v) is 0.989. The van der Waals surface area contributed by atoms with Crippen LogP contribution < -0.4 is 11.1 Å². The Hall–Kier alpha value is -0.120. The zero-order valence-electron chi connectivity index (χ0n) is 8.80. The molecule has 0 saturated carbocycles. The summed E-state index contributed by atoms with van der Waals surface area (Å²) in [6.07, 6.45) is 0.913. The summed E-state index contributed by atoms with van der Waals surface area (Å²) in [5.41, 5.74) is 5.53. The molecule has 0 spiro atoms. The van der Waals surface area contributed by atoms with Gasteiger partial charge in [0.2, 0.25) is 0 Å². The van der Waals surface area contributed by atoms with Crippen molar-refractivity contribution in [3.8, 4) is 0 Å². The van der Waals surface area contributed by atoms with Crippen LogP contribution >= 0.6 is 0 Å². The van der Waals surface area contributed by atoms with E-state index in [1.165, 1.54) is 0 Å². The Morgan fingerprint density at radius 3 is 2.00 bits per heavy atom. The molecule has 0 radical (unpaired) electrons. The Labute approximate surface area is 76.3 Å². The zero-order chi connectivity index (χ0) is 9.98. The maximum Gasteiger partial charge on any atom is 0.0585 e. The third kappa shape index (κ3) is 6.58. The van der Waals surface area contributed by atoms with Crippen LogP contribution in [0.25, 0.3) is 0 Å². The van der Waals surface area contributed by atoms with E-state index in [-0.39, 0.29) is 18.7 Å². The van der Waals surface area contributed by atoms with Gasteiger partial charge in [0.25, 0.3) is 0 Å². The van der Waals surface area contributed by atoms with Crippen LogP contribution in [0.4, 0.5) is 0 Å². The van der Waals surface area contributed by atoms with Crippen molar-refractivity contribution < 1.29 is 5.11 Å². The van der Waals surface area contributed by atoms with Gasteiger partial charge in [0.1, 0.15) is 0 Å². The summed E-state index contributed by atoms with van der Waals surface area (Å²) in [6.45, 7) is 9.07. The van der Waals surface area contributed by atoms with E-state index in [4.69, 9.17) is 10.8 Å². The van der Waals surface area contributed by atoms with Gasteiger partial charge in [-0.15, -0.1) is 0 Å². The SMILES string of the molecule is CC.CC.NC1CNC(CO)C1. The Morgan fingerprint density at radius 2 is 1.83 bits per heavy atom. The summed E-state index contributed by atoms with van der Waals surface area (Å²) in [6, 6.07) is 0.511. The first-order valence-corrected chi connectivity index (χ1v) is 4.92. The van der Waals surface area contributed by atoms with Gasteiger partial charge in [0.15, 0.2) is 0 Å². The van der Waals surface area contributed by atoms with Crippen LogP contribution in [0.2, 0.25) is 0 Å². The van der Waals surface area contributed by atoms with Gasteiger partial charge in [0, 0.05) is 18.6 Å². The highest BCUT2D eigenvalue weighted by atomic mass is 16.3. The van der Waals surface area contributed by atoms with Crippen LogP contribution in [-0.2, 0) is 0 Å². The minimum Gasteiger partial charge on any atom is -0.395 e. The average Bonchev–Trinajstić information content (AvgIpc) is 2.58. The van der Waals surface area contributed by atoms with Gasteiger partial charge in [-0.05, 0) is 6.42 Å². The molecule has 1 heterocycles. The Morgan fingerprint density at radius 1 is 1.33 bits per heavy atom. The molecule has 1 saturated heterocycles. The van der Waals surface area contributed by atoms with Crippen LogP contribution in [0, 0.1) is 0 Å². The van der Waals surface area contributed by atoms with Gasteiger partial charge in [-0.1, -0.05) is 27.7 Å². The normalized spacial score (nSPS) is 26.5. The molecule has 0 aromatic rings. The molecular formula is C9H24N2O. The maximum atomic E-state index is 8.57. The zero-order valence-corrected chi connectivity index (χ0v) is 8.80. The fraction of sp³-hybridized carbons (Fsp3) is 1.00. The van der Waals surface area contributed by atoms with E-state index in [0.29, 0.717) is 0 Å². The van der Waals surface area contributed by atoms with Crippen molar-refractivity contribution in [2.45, 2.75) is 46.2 Å². The molecule has 0 aliphatic carbocycles. The predicted molar refractivity (Wildman–Crippen MR) is 54.2 cm³/mol. The third-order valence-corrected chi connectivity index (χ3v) is 1.48. The Bertz CT molecular complexity index is 78.9. The highest BCUT2D eigenvalue weighted by Crippen LogP contribution is 2.01. The Balaban J connectivity index is 0. The summed E-state index contributed by atoms with van der Waals surface area (Å²) in [7, 11) is 0. The molecule has 1 aliphatic heterocycles. The molecule has 3 nitrogen and oxygen atoms in total. The molecule has 0 aromatic carbocycles. The second-order valence-electron chi connectivity index (χ2n) is 2.28. The van der Waals surface area contributed by atoms with E-state index >= 15 is 0 Å². The highest BCUT2D eigenvalue weighted by Gasteiger charge is 2.18. The van der Waals surface area contributed by atoms with Crippen LogP contribution in [-0.4, -0.2) is 30.3 Å². The van der Waals surface area contributed by atoms with Crippen LogP contribution in [0.5, 0.6) is 0 Å². The summed E-state index contributed by atoms with van der Waals surface area (Å²) >= 11 is 0. The topological polar surface area (TPSA) is 58.3 Å². The fourth-order valence-electron chi connectivity index (χ4n) is 0.989. The summed E-state index contributed by atoms with van der Waals surface area (Å²) < 4.78 is 0. The molecule has 1 aliphatic rings. The largest absolute Gasteiger partial charge is 0.395 e. The number of hydrogen-bond acceptors (Lipinski definition) is 3. The van der Waals surface area contributed by atoms with Gasteiger partial charge in [-0.25, -0.2) is 0 Å². The van der Waals surface area contributed by atoms with E-state index in [9.17, 15) is 0 Å². The van der Waals surface area contributed by atoms with Crippen molar-refractivity contribution in [3.05, 3.63) is 0 Å². The molecule has 1 fully saturated rings. The molecule has 4 N–H and O–H groups in total. The van der Waals surface area contributed by atoms with E-state index in [2.05, 4.69) is 5.32 Å². The first kappa shape index (κ1) is 14.4. The standard InChI is InChI=1S/C5H12N2O.2C2H6/c6-4-1-5(3-8)7-2-4;2*1-2/h4-5,7-8H,1-3,6H2;2*1-2H3. The lowest BCUT2D eigenvalue weighted by atomic mass is 10.2. The monoisotopic (exact) mass is 176 g/mol. The molecule has 0 aromatic heterocycles. The van der Waals surface area contributed by atoms with Crippen molar-refractivity contribution >= 4 is 0 Å². The predicted octanol–water partition coefficient (Wildman–Crippen LogP) is 0.720. The van der Waals surface area contributed by atoms with Crippen LogP contribution in [0.3, 0.4) is 0 Å². The van der Waals surface area contributed by atoms with Crippen molar-refractivity contribution in [3.63, 3.8) is 0 Å². The van der Waals surface area contributed by atoms with E-state index in [1.807, 2.05) is 27.7 Å². The van der Waals surface area contributed by atoms with E-state index < -0.39 is 0 Å². The number of rotatable bonds is 1. The van der Waals surface area contributed by atoms with Gasteiger partial charge in [-0.3, -0.25) is 0 Å². The first-order valence-electron chi connectivity index (χ1n) is 4.92. The Kier molecular flexibility index (Phi) is 13.1. The molecule has 76 valence electrons. The van der Waals surface area contributed by atoms with E-state index in [1.54, 1.807) is 0 Å². The smallest absolute Gasteiger partial charge is 0.0585 e. The molecule has 0 bridgehead atoms. The molecule has 0 amide bonds. The summed E-state index contributed by atoms with van der Waals surface area (Å²) in [5, 5.41) is 11.6. The van der Waals surface area contributed by atoms with Gasteiger partial charge in [0.05, 0.1) is 6.61 Å².